The fourth-order valence-electron chi connectivity index (χ4n) is 5.54. The van der Waals surface area contributed by atoms with E-state index in [0.717, 1.165) is 4.57 Å². The zero-order chi connectivity index (χ0) is 30.0. The molecule has 0 radical (unpaired) electrons. The monoisotopic (exact) mass is 601 g/mol. The summed E-state index contributed by atoms with van der Waals surface area (Å²) in [7, 11) is 0. The van der Waals surface area contributed by atoms with Gasteiger partial charge in [0.15, 0.2) is 5.82 Å². The van der Waals surface area contributed by atoms with Gasteiger partial charge in [-0.3, -0.25) is 19.1 Å². The number of hydrogen-bond donors (Lipinski definition) is 1. The minimum atomic E-state index is -2.76. The van der Waals surface area contributed by atoms with Crippen LogP contribution in [-0.4, -0.2) is 54.4 Å². The molecule has 2 aliphatic rings. The third-order valence-corrected chi connectivity index (χ3v) is 8.21. The molecule has 0 bridgehead atoms. The van der Waals surface area contributed by atoms with Crippen molar-refractivity contribution in [1.82, 2.24) is 24.2 Å². The number of aromatic nitrogens is 4. The lowest BCUT2D eigenvalue weighted by molar-refractivity contribution is 0.00559. The number of hydrogen-bond acceptors (Lipinski definition) is 5. The van der Waals surface area contributed by atoms with E-state index in [-0.39, 0.29) is 52.3 Å². The van der Waals surface area contributed by atoms with Crippen molar-refractivity contribution in [3.05, 3.63) is 97.8 Å². The van der Waals surface area contributed by atoms with Gasteiger partial charge in [-0.25, -0.2) is 13.5 Å². The zero-order valence-corrected chi connectivity index (χ0v) is 23.1. The number of rotatable bonds is 6. The number of nitrogens with zero attached hydrogens (tertiary/aromatic N) is 5. The van der Waals surface area contributed by atoms with Crippen LogP contribution in [0, 0.1) is 25.5 Å². The van der Waals surface area contributed by atoms with E-state index >= 15 is 8.78 Å². The fourth-order valence-corrected chi connectivity index (χ4v) is 5.82. The highest BCUT2D eigenvalue weighted by Crippen LogP contribution is 2.56. The summed E-state index contributed by atoms with van der Waals surface area (Å²) in [5.41, 5.74) is -0.0387. The number of aliphatic hydroxyl groups excluding tert-OH is 1. The van der Waals surface area contributed by atoms with Crippen molar-refractivity contribution in [3.63, 3.8) is 0 Å². The molecule has 42 heavy (non-hydrogen) atoms. The van der Waals surface area contributed by atoms with E-state index in [1.54, 1.807) is 19.9 Å². The molecule has 6 rings (SSSR count). The number of aliphatic hydroxyl groups is 1. The molecular formula is C29H24ClF4N5O3. The summed E-state index contributed by atoms with van der Waals surface area (Å²) in [5, 5.41) is 13.0. The second kappa shape index (κ2) is 10.4. The number of β-amino-alcohol motifs (C(OH)–C–C–N with tert-alkyl or cyclic N) is 1. The van der Waals surface area contributed by atoms with Crippen molar-refractivity contribution in [3.8, 4) is 16.9 Å². The first-order valence-corrected chi connectivity index (χ1v) is 13.5. The van der Waals surface area contributed by atoms with Crippen molar-refractivity contribution >= 4 is 17.5 Å². The second-order valence-corrected chi connectivity index (χ2v) is 11.0. The molecule has 3 aromatic heterocycles. The van der Waals surface area contributed by atoms with Crippen molar-refractivity contribution in [2.45, 2.75) is 44.8 Å². The molecule has 1 aromatic carbocycles. The van der Waals surface area contributed by atoms with Crippen LogP contribution < -0.4 is 5.56 Å². The predicted molar refractivity (Wildman–Crippen MR) is 145 cm³/mol. The van der Waals surface area contributed by atoms with E-state index in [1.807, 2.05) is 0 Å². The van der Waals surface area contributed by atoms with Gasteiger partial charge in [0.1, 0.15) is 16.5 Å². The molecule has 1 aliphatic heterocycles. The van der Waals surface area contributed by atoms with Crippen LogP contribution in [-0.2, 0) is 0 Å². The third-order valence-electron chi connectivity index (χ3n) is 7.83. The Morgan fingerprint density at radius 1 is 1.12 bits per heavy atom. The van der Waals surface area contributed by atoms with Gasteiger partial charge in [-0.05, 0) is 67.0 Å². The van der Waals surface area contributed by atoms with Crippen LogP contribution in [0.4, 0.5) is 17.6 Å². The SMILES string of the molecule is Cc1cnc(-c2cccc(C(=O)N3CC(O)C3)c2F)c(F)c1-n1c(C)cc([C@H]2C[C@@H]2c2cnn(C(F)F)c2)c(Cl)c1=O. The molecule has 0 unspecified atom stereocenters. The highest BCUT2D eigenvalue weighted by atomic mass is 35.5. The Balaban J connectivity index is 1.38. The number of carbonyl (C=O) groups excluding carboxylic acids is 1. The summed E-state index contributed by atoms with van der Waals surface area (Å²) in [6, 6.07) is 5.63. The van der Waals surface area contributed by atoms with Gasteiger partial charge >= 0.3 is 6.55 Å². The summed E-state index contributed by atoms with van der Waals surface area (Å²) in [5.74, 6) is -2.93. The molecule has 1 aliphatic carbocycles. The minimum absolute atomic E-state index is 0.0731. The van der Waals surface area contributed by atoms with Gasteiger partial charge in [-0.1, -0.05) is 17.7 Å². The Kier molecular flexibility index (Phi) is 6.93. The second-order valence-electron chi connectivity index (χ2n) is 10.7. The largest absolute Gasteiger partial charge is 0.389 e. The summed E-state index contributed by atoms with van der Waals surface area (Å²) >= 11 is 6.53. The number of carbonyl (C=O) groups is 1. The van der Waals surface area contributed by atoms with Gasteiger partial charge in [0, 0.05) is 36.7 Å². The number of benzene rings is 1. The molecule has 8 nitrogen and oxygen atoms in total. The van der Waals surface area contributed by atoms with E-state index in [1.165, 1.54) is 41.7 Å². The highest BCUT2D eigenvalue weighted by Gasteiger charge is 2.42. The molecule has 1 N–H and O–H groups in total. The first kappa shape index (κ1) is 28.1. The van der Waals surface area contributed by atoms with E-state index in [9.17, 15) is 23.5 Å². The molecule has 2 fully saturated rings. The third kappa shape index (κ3) is 4.58. The van der Waals surface area contributed by atoms with Crippen LogP contribution in [0.1, 0.15) is 57.5 Å². The lowest BCUT2D eigenvalue weighted by Gasteiger charge is -2.36. The standard InChI is InChI=1S/C29H24ClF4N5O3/c1-13-8-35-25(17-4-3-5-18(23(17)31)27(41)37-11-16(40)12-37)24(32)26(13)39-14(2)6-21(22(30)28(39)42)20-7-19(20)15-9-36-38(10-15)29(33)34/h3-6,8-10,16,19-20,29,40H,7,11-12H2,1-2H3/t19-,20+/m1/s1. The van der Waals surface area contributed by atoms with Crippen molar-refractivity contribution in [2.75, 3.05) is 13.1 Å². The maximum atomic E-state index is 16.2. The molecule has 1 amide bonds. The molecular weight excluding hydrogens is 578 g/mol. The molecule has 1 saturated heterocycles. The average Bonchev–Trinajstić information content (AvgIpc) is 3.56. The molecule has 13 heteroatoms. The van der Waals surface area contributed by atoms with Crippen molar-refractivity contribution in [1.29, 1.82) is 0 Å². The number of aryl methyl sites for hydroxylation is 2. The van der Waals surface area contributed by atoms with E-state index < -0.39 is 41.4 Å². The number of pyridine rings is 2. The maximum Gasteiger partial charge on any atom is 0.333 e. The molecule has 1 saturated carbocycles. The van der Waals surface area contributed by atoms with E-state index in [4.69, 9.17) is 11.6 Å². The van der Waals surface area contributed by atoms with E-state index in [0.29, 0.717) is 27.9 Å². The lowest BCUT2D eigenvalue weighted by atomic mass is 10.0. The maximum absolute atomic E-state index is 16.2. The molecule has 218 valence electrons. The predicted octanol–water partition coefficient (Wildman–Crippen LogP) is 5.13. The van der Waals surface area contributed by atoms with Gasteiger partial charge in [-0.15, -0.1) is 0 Å². The normalized spacial score (nSPS) is 18.5. The van der Waals surface area contributed by atoms with Gasteiger partial charge < -0.3 is 10.0 Å². The Hall–Kier alpha value is -4.03. The average molecular weight is 602 g/mol. The summed E-state index contributed by atoms with van der Waals surface area (Å²) < 4.78 is 59.3. The molecule has 4 heterocycles. The Labute approximate surface area is 241 Å². The Morgan fingerprint density at radius 3 is 2.52 bits per heavy atom. The first-order valence-electron chi connectivity index (χ1n) is 13.1. The quantitative estimate of drug-likeness (QED) is 0.310. The number of alkyl halides is 2. The van der Waals surface area contributed by atoms with Gasteiger partial charge in [-0.2, -0.15) is 13.9 Å². The van der Waals surface area contributed by atoms with Crippen LogP contribution in [0.25, 0.3) is 16.9 Å². The zero-order valence-electron chi connectivity index (χ0n) is 22.4. The van der Waals surface area contributed by atoms with E-state index in [2.05, 4.69) is 10.1 Å². The Morgan fingerprint density at radius 2 is 1.86 bits per heavy atom. The van der Waals surface area contributed by atoms with Gasteiger partial charge in [0.2, 0.25) is 0 Å². The number of amides is 1. The molecule has 2 atom stereocenters. The number of halogens is 5. The van der Waals surface area contributed by atoms with Crippen LogP contribution >= 0.6 is 11.6 Å². The molecule has 4 aromatic rings. The van der Waals surface area contributed by atoms with Gasteiger partial charge in [0.05, 0.1) is 23.6 Å². The first-order chi connectivity index (χ1) is 20.0. The van der Waals surface area contributed by atoms with Crippen LogP contribution in [0.5, 0.6) is 0 Å². The van der Waals surface area contributed by atoms with Crippen LogP contribution in [0.2, 0.25) is 5.02 Å². The smallest absolute Gasteiger partial charge is 0.333 e. The summed E-state index contributed by atoms with van der Waals surface area (Å²) in [6.45, 7) is 0.535. The lowest BCUT2D eigenvalue weighted by Crippen LogP contribution is -2.53. The summed E-state index contributed by atoms with van der Waals surface area (Å²) in [4.78, 5) is 31.7. The van der Waals surface area contributed by atoms with Gasteiger partial charge in [0.25, 0.3) is 11.5 Å². The van der Waals surface area contributed by atoms with Crippen LogP contribution in [0.3, 0.4) is 0 Å². The highest BCUT2D eigenvalue weighted by molar-refractivity contribution is 6.31. The van der Waals surface area contributed by atoms with Crippen molar-refractivity contribution < 1.29 is 27.5 Å². The summed E-state index contributed by atoms with van der Waals surface area (Å²) in [6.07, 6.45) is 3.84. The van der Waals surface area contributed by atoms with Crippen molar-refractivity contribution in [2.24, 2.45) is 0 Å². The van der Waals surface area contributed by atoms with Crippen LogP contribution in [0.15, 0.2) is 47.7 Å². The number of likely N-dealkylation sites (tertiary alicyclic amines) is 1. The minimum Gasteiger partial charge on any atom is -0.389 e. The fraction of sp³-hybridized carbons (Fsp3) is 0.310. The Bertz CT molecular complexity index is 1800. The topological polar surface area (TPSA) is 93.2 Å². The molecule has 0 spiro atoms.